The molecule has 0 saturated heterocycles. The smallest absolute Gasteiger partial charge is 0.244 e. The second kappa shape index (κ2) is 4.99. The Morgan fingerprint density at radius 2 is 2.19 bits per heavy atom. The molecule has 16 heavy (non-hydrogen) atoms. The zero-order valence-corrected chi connectivity index (χ0v) is 11.3. The summed E-state index contributed by atoms with van der Waals surface area (Å²) in [6.45, 7) is 3.76. The maximum Gasteiger partial charge on any atom is 0.244 e. The summed E-state index contributed by atoms with van der Waals surface area (Å²) in [6.07, 6.45) is 1.53. The second-order valence-corrected chi connectivity index (χ2v) is 6.13. The summed E-state index contributed by atoms with van der Waals surface area (Å²) in [5, 5.41) is 0. The highest BCUT2D eigenvalue weighted by atomic mass is 79.9. The van der Waals surface area contributed by atoms with Crippen LogP contribution in [0.3, 0.4) is 0 Å². The Morgan fingerprint density at radius 1 is 1.56 bits per heavy atom. The topological polar surface area (TPSA) is 63.4 Å². The molecular weight excluding hydrogens is 292 g/mol. The molecule has 0 saturated carbocycles. The average molecular weight is 305 g/mol. The first-order valence-electron chi connectivity index (χ1n) is 4.52. The molecule has 1 rings (SSSR count). The lowest BCUT2D eigenvalue weighted by Crippen LogP contribution is -2.27. The number of halogens is 1. The monoisotopic (exact) mass is 304 g/mol. The third kappa shape index (κ3) is 2.63. The van der Waals surface area contributed by atoms with Crippen molar-refractivity contribution in [1.29, 1.82) is 0 Å². The van der Waals surface area contributed by atoms with E-state index in [1.165, 1.54) is 23.5 Å². The van der Waals surface area contributed by atoms with Gasteiger partial charge in [0.05, 0.1) is 4.90 Å². The van der Waals surface area contributed by atoms with Gasteiger partial charge in [0.2, 0.25) is 10.0 Å². The molecule has 0 fully saturated rings. The van der Waals surface area contributed by atoms with E-state index in [2.05, 4.69) is 22.5 Å². The average Bonchev–Trinajstić information content (AvgIpc) is 2.22. The number of likely N-dealkylation sites (N-methyl/N-ethyl adjacent to an activating group) is 1. The third-order valence-corrected chi connectivity index (χ3v) is 4.85. The van der Waals surface area contributed by atoms with Gasteiger partial charge in [0.15, 0.2) is 0 Å². The zero-order chi connectivity index (χ0) is 12.3. The van der Waals surface area contributed by atoms with E-state index in [9.17, 15) is 8.42 Å². The van der Waals surface area contributed by atoms with Crippen molar-refractivity contribution < 1.29 is 8.42 Å². The number of benzene rings is 1. The van der Waals surface area contributed by atoms with Gasteiger partial charge in [-0.3, -0.25) is 0 Å². The van der Waals surface area contributed by atoms with E-state index in [0.29, 0.717) is 10.2 Å². The van der Waals surface area contributed by atoms with Gasteiger partial charge in [0, 0.05) is 23.8 Å². The van der Waals surface area contributed by atoms with Gasteiger partial charge >= 0.3 is 0 Å². The van der Waals surface area contributed by atoms with Gasteiger partial charge in [-0.2, -0.15) is 4.31 Å². The van der Waals surface area contributed by atoms with Gasteiger partial charge in [-0.15, -0.1) is 6.58 Å². The van der Waals surface area contributed by atoms with Crippen LogP contribution in [0.4, 0.5) is 5.69 Å². The predicted molar refractivity (Wildman–Crippen MR) is 68.6 cm³/mol. The summed E-state index contributed by atoms with van der Waals surface area (Å²) >= 11 is 3.20. The largest absolute Gasteiger partial charge is 0.399 e. The summed E-state index contributed by atoms with van der Waals surface area (Å²) < 4.78 is 25.9. The lowest BCUT2D eigenvalue weighted by atomic mass is 10.3. The summed E-state index contributed by atoms with van der Waals surface area (Å²) in [5.74, 6) is 0. The van der Waals surface area contributed by atoms with Crippen LogP contribution in [0.5, 0.6) is 0 Å². The van der Waals surface area contributed by atoms with E-state index in [1.807, 2.05) is 0 Å². The van der Waals surface area contributed by atoms with Crippen LogP contribution in [0.25, 0.3) is 0 Å². The number of anilines is 1. The van der Waals surface area contributed by atoms with Crippen molar-refractivity contribution in [3.63, 3.8) is 0 Å². The molecule has 88 valence electrons. The summed E-state index contributed by atoms with van der Waals surface area (Å²) in [7, 11) is -2.03. The summed E-state index contributed by atoms with van der Waals surface area (Å²) in [5.41, 5.74) is 5.99. The van der Waals surface area contributed by atoms with Crippen molar-refractivity contribution in [2.75, 3.05) is 19.3 Å². The lowest BCUT2D eigenvalue weighted by Gasteiger charge is -2.16. The van der Waals surface area contributed by atoms with E-state index in [0.717, 1.165) is 0 Å². The molecular formula is C10H13BrN2O2S. The lowest BCUT2D eigenvalue weighted by molar-refractivity contribution is 0.499. The standard InChI is InChI=1S/C10H13BrN2O2S/c1-3-6-13(2)16(14,15)10-7-8(12)4-5-9(10)11/h3-5,7H,1,6,12H2,2H3. The van der Waals surface area contributed by atoms with Gasteiger partial charge in [0.25, 0.3) is 0 Å². The minimum atomic E-state index is -3.52. The number of hydrogen-bond donors (Lipinski definition) is 1. The van der Waals surface area contributed by atoms with Crippen LogP contribution in [-0.2, 0) is 10.0 Å². The molecule has 2 N–H and O–H groups in total. The second-order valence-electron chi connectivity index (χ2n) is 3.26. The van der Waals surface area contributed by atoms with Gasteiger partial charge in [0.1, 0.15) is 0 Å². The Kier molecular flexibility index (Phi) is 4.12. The quantitative estimate of drug-likeness (QED) is 0.682. The number of nitrogens with two attached hydrogens (primary N) is 1. The van der Waals surface area contributed by atoms with Crippen LogP contribution >= 0.6 is 15.9 Å². The van der Waals surface area contributed by atoms with E-state index in [1.54, 1.807) is 12.1 Å². The molecule has 0 heterocycles. The van der Waals surface area contributed by atoms with Crippen LogP contribution in [0.15, 0.2) is 40.2 Å². The van der Waals surface area contributed by atoms with Gasteiger partial charge in [-0.05, 0) is 34.1 Å². The highest BCUT2D eigenvalue weighted by Gasteiger charge is 2.22. The van der Waals surface area contributed by atoms with E-state index in [4.69, 9.17) is 5.73 Å². The molecule has 0 bridgehead atoms. The highest BCUT2D eigenvalue weighted by molar-refractivity contribution is 9.10. The first-order chi connectivity index (χ1) is 7.39. The van der Waals surface area contributed by atoms with Crippen LogP contribution in [0.2, 0.25) is 0 Å². The first-order valence-corrected chi connectivity index (χ1v) is 6.75. The van der Waals surface area contributed by atoms with Crippen LogP contribution in [-0.4, -0.2) is 26.3 Å². The summed E-state index contributed by atoms with van der Waals surface area (Å²) in [6, 6.07) is 4.68. The van der Waals surface area contributed by atoms with Crippen LogP contribution in [0.1, 0.15) is 0 Å². The Morgan fingerprint density at radius 3 is 2.75 bits per heavy atom. The molecule has 0 unspecified atom stereocenters. The van der Waals surface area contributed by atoms with E-state index < -0.39 is 10.0 Å². The predicted octanol–water partition coefficient (Wildman–Crippen LogP) is 1.84. The Labute approximate surface area is 104 Å². The molecule has 0 spiro atoms. The highest BCUT2D eigenvalue weighted by Crippen LogP contribution is 2.26. The number of nitrogen functional groups attached to an aromatic ring is 1. The Balaban J connectivity index is 3.26. The molecule has 4 nitrogen and oxygen atoms in total. The molecule has 0 amide bonds. The van der Waals surface area contributed by atoms with Crippen molar-refractivity contribution >= 4 is 31.6 Å². The normalized spacial score (nSPS) is 11.7. The van der Waals surface area contributed by atoms with Gasteiger partial charge in [-0.25, -0.2) is 8.42 Å². The number of nitrogens with zero attached hydrogens (tertiary/aromatic N) is 1. The number of rotatable bonds is 4. The van der Waals surface area contributed by atoms with Gasteiger partial charge < -0.3 is 5.73 Å². The van der Waals surface area contributed by atoms with Gasteiger partial charge in [-0.1, -0.05) is 6.08 Å². The van der Waals surface area contributed by atoms with Crippen molar-refractivity contribution in [2.45, 2.75) is 4.90 Å². The fourth-order valence-electron chi connectivity index (χ4n) is 1.17. The maximum atomic E-state index is 12.1. The fourth-order valence-corrected chi connectivity index (χ4v) is 3.26. The molecule has 0 aliphatic carbocycles. The van der Waals surface area contributed by atoms with Crippen LogP contribution in [0, 0.1) is 0 Å². The molecule has 0 aromatic heterocycles. The van der Waals surface area contributed by atoms with Crippen molar-refractivity contribution in [3.8, 4) is 0 Å². The summed E-state index contributed by atoms with van der Waals surface area (Å²) in [4.78, 5) is 0.164. The van der Waals surface area contributed by atoms with Crippen molar-refractivity contribution in [1.82, 2.24) is 4.31 Å². The molecule has 6 heteroatoms. The van der Waals surface area contributed by atoms with Crippen molar-refractivity contribution in [3.05, 3.63) is 35.3 Å². The maximum absolute atomic E-state index is 12.1. The van der Waals surface area contributed by atoms with E-state index >= 15 is 0 Å². The molecule has 0 atom stereocenters. The fraction of sp³-hybridized carbons (Fsp3) is 0.200. The number of hydrogen-bond acceptors (Lipinski definition) is 3. The van der Waals surface area contributed by atoms with E-state index in [-0.39, 0.29) is 11.4 Å². The molecule has 0 aliphatic heterocycles. The molecule has 1 aromatic carbocycles. The Bertz CT molecular complexity index is 500. The molecule has 0 aliphatic rings. The van der Waals surface area contributed by atoms with Crippen LogP contribution < -0.4 is 5.73 Å². The third-order valence-electron chi connectivity index (χ3n) is 2.03. The van der Waals surface area contributed by atoms with Crippen molar-refractivity contribution in [2.24, 2.45) is 0 Å². The minimum absolute atomic E-state index is 0.164. The number of sulfonamides is 1. The first kappa shape index (κ1) is 13.2. The SMILES string of the molecule is C=CCN(C)S(=O)(=O)c1cc(N)ccc1Br. The zero-order valence-electron chi connectivity index (χ0n) is 8.85. The minimum Gasteiger partial charge on any atom is -0.399 e. The Hall–Kier alpha value is -0.850. The molecule has 0 radical (unpaired) electrons. The molecule has 1 aromatic rings.